The quantitative estimate of drug-likeness (QED) is 0.671. The minimum atomic E-state index is -0.179. The third-order valence-electron chi connectivity index (χ3n) is 3.03. The number of nitrogens with one attached hydrogen (secondary N) is 1. The molecule has 0 aliphatic rings. The Morgan fingerprint density at radius 3 is 2.33 bits per heavy atom. The van der Waals surface area contributed by atoms with Gasteiger partial charge in [-0.25, -0.2) is 0 Å². The van der Waals surface area contributed by atoms with Gasteiger partial charge in [0.25, 0.3) is 0 Å². The summed E-state index contributed by atoms with van der Waals surface area (Å²) in [4.78, 5) is 12.1. The highest BCUT2D eigenvalue weighted by atomic mass is 35.5. The van der Waals surface area contributed by atoms with Crippen LogP contribution in [-0.2, 0) is 0 Å². The molecule has 1 heterocycles. The van der Waals surface area contributed by atoms with Gasteiger partial charge in [-0.2, -0.15) is 0 Å². The predicted octanol–water partition coefficient (Wildman–Crippen LogP) is 0.169. The van der Waals surface area contributed by atoms with Gasteiger partial charge in [0, 0.05) is 22.0 Å². The number of fused-ring (bicyclic) bond motifs is 1. The Morgan fingerprint density at radius 1 is 0.952 bits per heavy atom. The Morgan fingerprint density at radius 2 is 1.62 bits per heavy atom. The number of carbonyl (C=O) groups is 1. The Hall–Kier alpha value is -2.10. The van der Waals surface area contributed by atoms with Crippen molar-refractivity contribution in [3.8, 4) is 0 Å². The van der Waals surface area contributed by atoms with E-state index >= 15 is 0 Å². The van der Waals surface area contributed by atoms with Crippen LogP contribution in [0.4, 0.5) is 0 Å². The fourth-order valence-electron chi connectivity index (χ4n) is 1.99. The van der Waals surface area contributed by atoms with Crippen molar-refractivity contribution in [3.05, 3.63) is 77.6 Å². The van der Waals surface area contributed by atoms with Crippen molar-refractivity contribution >= 4 is 28.3 Å². The van der Waals surface area contributed by atoms with E-state index in [1.54, 1.807) is 28.9 Å². The zero-order valence-corrected chi connectivity index (χ0v) is 12.5. The second kappa shape index (κ2) is 6.57. The molecule has 1 aromatic heterocycles. The number of nitrogens with zero attached hydrogens (tertiary/aromatic N) is 1. The summed E-state index contributed by atoms with van der Waals surface area (Å²) in [6.07, 6.45) is 3.69. The molecule has 2 aromatic carbocycles. The van der Waals surface area contributed by atoms with Gasteiger partial charge in [0.05, 0.1) is 0 Å². The lowest BCUT2D eigenvalue weighted by Crippen LogP contribution is -3.00. The molecule has 0 saturated carbocycles. The van der Waals surface area contributed by atoms with Crippen LogP contribution in [0.15, 0.2) is 67.0 Å². The van der Waals surface area contributed by atoms with Crippen LogP contribution in [0.1, 0.15) is 10.4 Å². The van der Waals surface area contributed by atoms with Crippen molar-refractivity contribution in [1.29, 1.82) is 0 Å². The molecule has 5 heteroatoms. The summed E-state index contributed by atoms with van der Waals surface area (Å²) < 4.78 is 1.65. The second-order valence-corrected chi connectivity index (χ2v) is 4.87. The normalized spacial score (nSPS) is 9.95. The average Bonchev–Trinajstić information content (AvgIpc) is 2.48. The number of hydrogen-bond donors (Lipinski definition) is 1. The zero-order valence-electron chi connectivity index (χ0n) is 11.0. The summed E-state index contributed by atoms with van der Waals surface area (Å²) in [7, 11) is 0. The van der Waals surface area contributed by atoms with Gasteiger partial charge < -0.3 is 12.4 Å². The number of amides is 1. The maximum Gasteiger partial charge on any atom is 0.305 e. The van der Waals surface area contributed by atoms with Crippen LogP contribution in [0.5, 0.6) is 0 Å². The average molecular weight is 319 g/mol. The summed E-state index contributed by atoms with van der Waals surface area (Å²) >= 11 is 5.80. The highest BCUT2D eigenvalue weighted by Gasteiger charge is 2.10. The van der Waals surface area contributed by atoms with E-state index < -0.39 is 0 Å². The van der Waals surface area contributed by atoms with Crippen LogP contribution in [0, 0.1) is 0 Å². The molecule has 0 radical (unpaired) electrons. The highest BCUT2D eigenvalue weighted by molar-refractivity contribution is 6.30. The molecule has 1 amide bonds. The van der Waals surface area contributed by atoms with Crippen LogP contribution >= 0.6 is 11.6 Å². The predicted molar refractivity (Wildman–Crippen MR) is 79.3 cm³/mol. The van der Waals surface area contributed by atoms with E-state index in [2.05, 4.69) is 5.43 Å². The van der Waals surface area contributed by atoms with Gasteiger partial charge in [0.15, 0.2) is 0 Å². The molecular weight excluding hydrogens is 307 g/mol. The van der Waals surface area contributed by atoms with Gasteiger partial charge in [-0.3, -0.25) is 4.79 Å². The molecule has 1 N–H and O–H groups in total. The summed E-state index contributed by atoms with van der Waals surface area (Å²) in [5.41, 5.74) is 3.37. The largest absolute Gasteiger partial charge is 1.00 e. The molecule has 3 nitrogen and oxygen atoms in total. The molecule has 3 rings (SSSR count). The standard InChI is InChI=1S/C16H11ClN2O.ClH/c17-15-7-5-13(6-8-15)16(20)18-19-10-9-12-3-1-2-4-14(12)11-19;/h1-11H;1H. The molecule has 0 spiro atoms. The number of halogens is 2. The molecular formula is C16H12Cl2N2O. The third kappa shape index (κ3) is 3.51. The maximum atomic E-state index is 12.1. The molecule has 3 aromatic rings. The lowest BCUT2D eigenvalue weighted by atomic mass is 10.2. The summed E-state index contributed by atoms with van der Waals surface area (Å²) in [5, 5.41) is 2.80. The molecule has 0 fully saturated rings. The van der Waals surface area contributed by atoms with Gasteiger partial charge in [-0.15, -0.1) is 5.43 Å². The third-order valence-corrected chi connectivity index (χ3v) is 3.28. The molecule has 0 saturated heterocycles. The van der Waals surface area contributed by atoms with Crippen molar-refractivity contribution in [1.82, 2.24) is 0 Å². The van der Waals surface area contributed by atoms with Crippen molar-refractivity contribution in [2.24, 2.45) is 0 Å². The van der Waals surface area contributed by atoms with Crippen LogP contribution in [-0.4, -0.2) is 5.91 Å². The van der Waals surface area contributed by atoms with Crippen LogP contribution in [0.3, 0.4) is 0 Å². The minimum Gasteiger partial charge on any atom is -1.00 e. The van der Waals surface area contributed by atoms with E-state index in [0.29, 0.717) is 10.6 Å². The lowest BCUT2D eigenvalue weighted by molar-refractivity contribution is -0.639. The summed E-state index contributed by atoms with van der Waals surface area (Å²) in [6, 6.07) is 16.7. The Balaban J connectivity index is 0.00000161. The zero-order chi connectivity index (χ0) is 13.9. The van der Waals surface area contributed by atoms with E-state index in [1.165, 1.54) is 0 Å². The van der Waals surface area contributed by atoms with Gasteiger partial charge >= 0.3 is 5.91 Å². The molecule has 106 valence electrons. The highest BCUT2D eigenvalue weighted by Crippen LogP contribution is 2.10. The number of pyridine rings is 1. The number of carbonyl (C=O) groups excluding carboxylic acids is 1. The van der Waals surface area contributed by atoms with Crippen molar-refractivity contribution in [2.75, 3.05) is 5.43 Å². The SMILES string of the molecule is O=C(N[n+]1ccc2ccccc2c1)c1ccc(Cl)cc1.[Cl-]. The molecule has 0 unspecified atom stereocenters. The van der Waals surface area contributed by atoms with Crippen LogP contribution in [0.25, 0.3) is 10.8 Å². The van der Waals surface area contributed by atoms with Gasteiger partial charge in [0.1, 0.15) is 0 Å². The number of benzene rings is 2. The smallest absolute Gasteiger partial charge is 0.305 e. The first-order chi connectivity index (χ1) is 9.72. The lowest BCUT2D eigenvalue weighted by Gasteiger charge is -2.01. The fourth-order valence-corrected chi connectivity index (χ4v) is 2.11. The fraction of sp³-hybridized carbons (Fsp3) is 0. The van der Waals surface area contributed by atoms with Crippen LogP contribution in [0.2, 0.25) is 5.02 Å². The Kier molecular flexibility index (Phi) is 4.78. The first kappa shape index (κ1) is 15.3. The molecule has 0 aliphatic heterocycles. The van der Waals surface area contributed by atoms with E-state index in [9.17, 15) is 4.79 Å². The van der Waals surface area contributed by atoms with Crippen molar-refractivity contribution < 1.29 is 21.9 Å². The number of rotatable bonds is 2. The first-order valence-electron chi connectivity index (χ1n) is 6.19. The van der Waals surface area contributed by atoms with E-state index in [4.69, 9.17) is 11.6 Å². The van der Waals surface area contributed by atoms with E-state index in [-0.39, 0.29) is 18.3 Å². The van der Waals surface area contributed by atoms with Gasteiger partial charge in [0.2, 0.25) is 12.4 Å². The topological polar surface area (TPSA) is 33.0 Å². The monoisotopic (exact) mass is 318 g/mol. The second-order valence-electron chi connectivity index (χ2n) is 4.43. The Labute approximate surface area is 133 Å². The molecule has 0 atom stereocenters. The molecule has 21 heavy (non-hydrogen) atoms. The first-order valence-corrected chi connectivity index (χ1v) is 6.57. The van der Waals surface area contributed by atoms with E-state index in [0.717, 1.165) is 10.8 Å². The molecule has 0 bridgehead atoms. The van der Waals surface area contributed by atoms with Crippen molar-refractivity contribution in [2.45, 2.75) is 0 Å². The van der Waals surface area contributed by atoms with Crippen molar-refractivity contribution in [3.63, 3.8) is 0 Å². The summed E-state index contributed by atoms with van der Waals surface area (Å²) in [6.45, 7) is 0. The Bertz CT molecular complexity index is 773. The van der Waals surface area contributed by atoms with Gasteiger partial charge in [-0.1, -0.05) is 34.5 Å². The van der Waals surface area contributed by atoms with E-state index in [1.807, 2.05) is 42.7 Å². The maximum absolute atomic E-state index is 12.1. The number of aromatic nitrogens is 1. The minimum absolute atomic E-state index is 0. The molecule has 0 aliphatic carbocycles. The number of hydrogen-bond acceptors (Lipinski definition) is 1. The van der Waals surface area contributed by atoms with Gasteiger partial charge in [-0.05, 0) is 35.7 Å². The summed E-state index contributed by atoms with van der Waals surface area (Å²) in [5.74, 6) is -0.179. The van der Waals surface area contributed by atoms with Crippen LogP contribution < -0.4 is 22.5 Å².